The molecule has 2 rings (SSSR count). The number of benzene rings is 2. The van der Waals surface area contributed by atoms with Crippen molar-refractivity contribution < 1.29 is 9.50 Å². The SMILES string of the molecule is C[C@@H](O)c1c(F)cccc1Sc1ccc(Cl)cc1. The van der Waals surface area contributed by atoms with E-state index in [0.29, 0.717) is 15.5 Å². The molecule has 94 valence electrons. The molecular formula is C14H12ClFOS. The Kier molecular flexibility index (Phi) is 4.27. The summed E-state index contributed by atoms with van der Waals surface area (Å²) in [6.45, 7) is 1.56. The van der Waals surface area contributed by atoms with Crippen molar-refractivity contribution in [3.8, 4) is 0 Å². The molecule has 0 unspecified atom stereocenters. The van der Waals surface area contributed by atoms with E-state index in [4.69, 9.17) is 11.6 Å². The predicted octanol–water partition coefficient (Wildman–Crippen LogP) is 4.68. The van der Waals surface area contributed by atoms with Gasteiger partial charge in [0.15, 0.2) is 0 Å². The highest BCUT2D eigenvalue weighted by Gasteiger charge is 2.14. The highest BCUT2D eigenvalue weighted by molar-refractivity contribution is 7.99. The fraction of sp³-hybridized carbons (Fsp3) is 0.143. The van der Waals surface area contributed by atoms with Crippen LogP contribution in [0.3, 0.4) is 0 Å². The predicted molar refractivity (Wildman–Crippen MR) is 72.6 cm³/mol. The fourth-order valence-corrected chi connectivity index (χ4v) is 2.82. The van der Waals surface area contributed by atoms with Gasteiger partial charge < -0.3 is 5.11 Å². The summed E-state index contributed by atoms with van der Waals surface area (Å²) in [4.78, 5) is 1.67. The van der Waals surface area contributed by atoms with Crippen molar-refractivity contribution in [2.75, 3.05) is 0 Å². The van der Waals surface area contributed by atoms with Crippen molar-refractivity contribution in [1.82, 2.24) is 0 Å². The molecule has 0 radical (unpaired) electrons. The summed E-state index contributed by atoms with van der Waals surface area (Å²) in [5.41, 5.74) is 0.331. The van der Waals surface area contributed by atoms with Gasteiger partial charge in [-0.25, -0.2) is 4.39 Å². The highest BCUT2D eigenvalue weighted by atomic mass is 35.5. The monoisotopic (exact) mass is 282 g/mol. The lowest BCUT2D eigenvalue weighted by atomic mass is 10.1. The molecule has 18 heavy (non-hydrogen) atoms. The van der Waals surface area contributed by atoms with Crippen LogP contribution in [0.1, 0.15) is 18.6 Å². The molecule has 1 nitrogen and oxygen atoms in total. The summed E-state index contributed by atoms with van der Waals surface area (Å²) in [6.07, 6.45) is -0.832. The van der Waals surface area contributed by atoms with E-state index in [1.165, 1.54) is 17.8 Å². The zero-order valence-electron chi connectivity index (χ0n) is 9.73. The maximum absolute atomic E-state index is 13.7. The van der Waals surface area contributed by atoms with Crippen LogP contribution in [-0.4, -0.2) is 5.11 Å². The summed E-state index contributed by atoms with van der Waals surface area (Å²) in [5, 5.41) is 10.3. The molecule has 0 spiro atoms. The first-order valence-corrected chi connectivity index (χ1v) is 6.67. The number of hydrogen-bond acceptors (Lipinski definition) is 2. The van der Waals surface area contributed by atoms with Crippen LogP contribution in [-0.2, 0) is 0 Å². The van der Waals surface area contributed by atoms with Gasteiger partial charge in [-0.05, 0) is 43.3 Å². The second-order valence-corrected chi connectivity index (χ2v) is 5.44. The van der Waals surface area contributed by atoms with E-state index < -0.39 is 6.10 Å². The van der Waals surface area contributed by atoms with Crippen LogP contribution in [0.5, 0.6) is 0 Å². The van der Waals surface area contributed by atoms with Gasteiger partial charge in [0.2, 0.25) is 0 Å². The molecule has 0 aromatic heterocycles. The summed E-state index contributed by atoms with van der Waals surface area (Å²) in [7, 11) is 0. The Hall–Kier alpha value is -1.03. The van der Waals surface area contributed by atoms with Crippen molar-refractivity contribution in [3.63, 3.8) is 0 Å². The number of halogens is 2. The lowest BCUT2D eigenvalue weighted by Gasteiger charge is -2.12. The third kappa shape index (κ3) is 3.05. The minimum Gasteiger partial charge on any atom is -0.389 e. The quantitative estimate of drug-likeness (QED) is 0.882. The fourth-order valence-electron chi connectivity index (χ4n) is 1.64. The summed E-state index contributed by atoms with van der Waals surface area (Å²) in [6, 6.07) is 12.1. The van der Waals surface area contributed by atoms with Gasteiger partial charge in [-0.1, -0.05) is 29.4 Å². The maximum atomic E-state index is 13.7. The Bertz CT molecular complexity index is 540. The molecule has 0 aliphatic heterocycles. The van der Waals surface area contributed by atoms with Crippen LogP contribution < -0.4 is 0 Å². The van der Waals surface area contributed by atoms with Crippen LogP contribution in [0.2, 0.25) is 5.02 Å². The summed E-state index contributed by atoms with van der Waals surface area (Å²) in [5.74, 6) is -0.385. The van der Waals surface area contributed by atoms with Crippen LogP contribution in [0, 0.1) is 5.82 Å². The van der Waals surface area contributed by atoms with Crippen molar-refractivity contribution >= 4 is 23.4 Å². The van der Waals surface area contributed by atoms with E-state index in [9.17, 15) is 9.50 Å². The topological polar surface area (TPSA) is 20.2 Å². The minimum atomic E-state index is -0.832. The Morgan fingerprint density at radius 1 is 1.17 bits per heavy atom. The molecule has 2 aromatic carbocycles. The maximum Gasteiger partial charge on any atom is 0.130 e. The second-order valence-electron chi connectivity index (χ2n) is 3.88. The molecule has 0 fully saturated rings. The lowest BCUT2D eigenvalue weighted by molar-refractivity contribution is 0.191. The van der Waals surface area contributed by atoms with E-state index in [1.807, 2.05) is 12.1 Å². The van der Waals surface area contributed by atoms with Crippen LogP contribution in [0.15, 0.2) is 52.3 Å². The average molecular weight is 283 g/mol. The van der Waals surface area contributed by atoms with Gasteiger partial charge in [0.25, 0.3) is 0 Å². The standard InChI is InChI=1S/C14H12ClFOS/c1-9(17)14-12(16)3-2-4-13(14)18-11-7-5-10(15)6-8-11/h2-9,17H,1H3/t9-/m1/s1. The van der Waals surface area contributed by atoms with Crippen LogP contribution >= 0.6 is 23.4 Å². The Labute approximate surface area is 115 Å². The van der Waals surface area contributed by atoms with Gasteiger partial charge in [0.1, 0.15) is 5.82 Å². The first kappa shape index (κ1) is 13.4. The van der Waals surface area contributed by atoms with Crippen molar-refractivity contribution in [3.05, 3.63) is 58.9 Å². The van der Waals surface area contributed by atoms with Gasteiger partial charge in [0, 0.05) is 20.4 Å². The zero-order valence-corrected chi connectivity index (χ0v) is 11.3. The molecule has 0 aliphatic rings. The van der Waals surface area contributed by atoms with Gasteiger partial charge >= 0.3 is 0 Å². The van der Waals surface area contributed by atoms with E-state index >= 15 is 0 Å². The Morgan fingerprint density at radius 2 is 1.83 bits per heavy atom. The molecule has 1 N–H and O–H groups in total. The first-order chi connectivity index (χ1) is 8.58. The van der Waals surface area contributed by atoms with Crippen LogP contribution in [0.25, 0.3) is 0 Å². The average Bonchev–Trinajstić information content (AvgIpc) is 2.32. The molecule has 0 heterocycles. The van der Waals surface area contributed by atoms with Crippen molar-refractivity contribution in [2.24, 2.45) is 0 Å². The normalized spacial score (nSPS) is 12.4. The molecule has 4 heteroatoms. The van der Waals surface area contributed by atoms with E-state index in [1.54, 1.807) is 31.2 Å². The molecule has 0 amide bonds. The van der Waals surface area contributed by atoms with Gasteiger partial charge in [-0.15, -0.1) is 0 Å². The molecule has 0 saturated heterocycles. The largest absolute Gasteiger partial charge is 0.389 e. The van der Waals surface area contributed by atoms with Gasteiger partial charge in [-0.2, -0.15) is 0 Å². The van der Waals surface area contributed by atoms with Gasteiger partial charge in [-0.3, -0.25) is 0 Å². The number of rotatable bonds is 3. The number of hydrogen-bond donors (Lipinski definition) is 1. The van der Waals surface area contributed by atoms with E-state index in [2.05, 4.69) is 0 Å². The summed E-state index contributed by atoms with van der Waals surface area (Å²) < 4.78 is 13.7. The summed E-state index contributed by atoms with van der Waals surface area (Å²) >= 11 is 7.22. The molecule has 1 atom stereocenters. The molecule has 0 saturated carbocycles. The van der Waals surface area contributed by atoms with Crippen molar-refractivity contribution in [2.45, 2.75) is 22.8 Å². The Balaban J connectivity index is 2.34. The van der Waals surface area contributed by atoms with E-state index in [-0.39, 0.29) is 5.82 Å². The lowest BCUT2D eigenvalue weighted by Crippen LogP contribution is -1.98. The second kappa shape index (κ2) is 5.74. The third-order valence-corrected chi connectivity index (χ3v) is 3.81. The Morgan fingerprint density at radius 3 is 2.44 bits per heavy atom. The van der Waals surface area contributed by atoms with Crippen LogP contribution in [0.4, 0.5) is 4.39 Å². The smallest absolute Gasteiger partial charge is 0.130 e. The van der Waals surface area contributed by atoms with Crippen molar-refractivity contribution in [1.29, 1.82) is 0 Å². The third-order valence-electron chi connectivity index (χ3n) is 2.47. The molecule has 0 aliphatic carbocycles. The number of aliphatic hydroxyl groups excluding tert-OH is 1. The molecule has 0 bridgehead atoms. The highest BCUT2D eigenvalue weighted by Crippen LogP contribution is 2.35. The minimum absolute atomic E-state index is 0.331. The first-order valence-electron chi connectivity index (χ1n) is 5.48. The number of aliphatic hydroxyl groups is 1. The molecular weight excluding hydrogens is 271 g/mol. The van der Waals surface area contributed by atoms with Gasteiger partial charge in [0.05, 0.1) is 6.10 Å². The molecule has 2 aromatic rings. The van der Waals surface area contributed by atoms with E-state index in [0.717, 1.165) is 4.90 Å². The zero-order chi connectivity index (χ0) is 13.1.